The number of carbonyl (C=O) groups excluding carboxylic acids is 1. The number of hydrogen-bond donors (Lipinski definition) is 0. The molecule has 0 aliphatic rings. The first-order valence-electron chi connectivity index (χ1n) is 5.99. The molecule has 0 aliphatic carbocycles. The number of carbonyl (C=O) groups is 1. The molecule has 0 N–H and O–H groups in total. The molecule has 19 heavy (non-hydrogen) atoms. The predicted octanol–water partition coefficient (Wildman–Crippen LogP) is 3.53. The van der Waals surface area contributed by atoms with Crippen LogP contribution >= 0.6 is 0 Å². The van der Waals surface area contributed by atoms with Crippen molar-refractivity contribution in [3.05, 3.63) is 71.3 Å². The largest absolute Gasteiger partial charge is 0.441 e. The lowest BCUT2D eigenvalue weighted by molar-refractivity contribution is 0.0408. The van der Waals surface area contributed by atoms with E-state index in [0.29, 0.717) is 5.56 Å². The highest BCUT2D eigenvalue weighted by molar-refractivity contribution is 5.89. The van der Waals surface area contributed by atoms with Crippen LogP contribution in [0.4, 0.5) is 0 Å². The van der Waals surface area contributed by atoms with Crippen molar-refractivity contribution in [3.8, 4) is 12.3 Å². The Balaban J connectivity index is 2.13. The Morgan fingerprint density at radius 3 is 2.32 bits per heavy atom. The van der Waals surface area contributed by atoms with Crippen LogP contribution < -0.4 is 0 Å². The summed E-state index contributed by atoms with van der Waals surface area (Å²) >= 11 is 0. The fraction of sp³-hybridized carbons (Fsp3) is 0.118. The van der Waals surface area contributed by atoms with Crippen molar-refractivity contribution in [1.82, 2.24) is 0 Å². The Kier molecular flexibility index (Phi) is 4.00. The number of terminal acetylenes is 1. The van der Waals surface area contributed by atoms with E-state index in [1.54, 1.807) is 12.1 Å². The third kappa shape index (κ3) is 3.23. The third-order valence-corrected chi connectivity index (χ3v) is 2.77. The van der Waals surface area contributed by atoms with E-state index in [-0.39, 0.29) is 0 Å². The fourth-order valence-corrected chi connectivity index (χ4v) is 1.69. The van der Waals surface area contributed by atoms with Crippen LogP contribution in [0.15, 0.2) is 54.6 Å². The van der Waals surface area contributed by atoms with Gasteiger partial charge in [-0.15, -0.1) is 6.42 Å². The summed E-state index contributed by atoms with van der Waals surface area (Å²) in [6.45, 7) is 1.96. The average molecular weight is 250 g/mol. The quantitative estimate of drug-likeness (QED) is 0.615. The molecule has 0 amide bonds. The topological polar surface area (TPSA) is 26.3 Å². The van der Waals surface area contributed by atoms with Gasteiger partial charge in [0.25, 0.3) is 0 Å². The second-order valence-corrected chi connectivity index (χ2v) is 4.23. The van der Waals surface area contributed by atoms with Gasteiger partial charge in [-0.1, -0.05) is 53.9 Å². The van der Waals surface area contributed by atoms with E-state index in [2.05, 4.69) is 5.92 Å². The lowest BCUT2D eigenvalue weighted by atomic mass is 10.1. The van der Waals surface area contributed by atoms with E-state index in [9.17, 15) is 4.79 Å². The zero-order valence-electron chi connectivity index (χ0n) is 10.7. The number of esters is 1. The summed E-state index contributed by atoms with van der Waals surface area (Å²) in [6.07, 6.45) is 4.77. The van der Waals surface area contributed by atoms with Gasteiger partial charge in [0, 0.05) is 5.56 Å². The van der Waals surface area contributed by atoms with Crippen LogP contribution in [-0.4, -0.2) is 5.97 Å². The third-order valence-electron chi connectivity index (χ3n) is 2.77. The minimum atomic E-state index is -0.657. The second kappa shape index (κ2) is 5.88. The Morgan fingerprint density at radius 2 is 1.74 bits per heavy atom. The van der Waals surface area contributed by atoms with Gasteiger partial charge < -0.3 is 4.74 Å². The first-order valence-corrected chi connectivity index (χ1v) is 5.99. The van der Waals surface area contributed by atoms with Gasteiger partial charge in [-0.2, -0.15) is 0 Å². The van der Waals surface area contributed by atoms with Gasteiger partial charge in [0.05, 0.1) is 5.56 Å². The van der Waals surface area contributed by atoms with Crippen molar-refractivity contribution in [1.29, 1.82) is 0 Å². The van der Waals surface area contributed by atoms with E-state index >= 15 is 0 Å². The SMILES string of the molecule is C#CC(OC(=O)c1ccc(C)cc1)c1ccccc1. The van der Waals surface area contributed by atoms with Crippen LogP contribution in [0.5, 0.6) is 0 Å². The van der Waals surface area contributed by atoms with Crippen LogP contribution in [0.25, 0.3) is 0 Å². The van der Waals surface area contributed by atoms with Crippen molar-refractivity contribution in [2.24, 2.45) is 0 Å². The maximum atomic E-state index is 12.0. The minimum absolute atomic E-state index is 0.410. The predicted molar refractivity (Wildman–Crippen MR) is 74.6 cm³/mol. The van der Waals surface area contributed by atoms with Crippen LogP contribution in [0.2, 0.25) is 0 Å². The van der Waals surface area contributed by atoms with E-state index in [0.717, 1.165) is 11.1 Å². The van der Waals surface area contributed by atoms with Crippen molar-refractivity contribution in [2.45, 2.75) is 13.0 Å². The summed E-state index contributed by atoms with van der Waals surface area (Å²) in [5.41, 5.74) is 2.39. The highest BCUT2D eigenvalue weighted by atomic mass is 16.5. The van der Waals surface area contributed by atoms with Gasteiger partial charge in [0.2, 0.25) is 0 Å². The molecule has 1 atom stereocenters. The van der Waals surface area contributed by atoms with Gasteiger partial charge in [-0.3, -0.25) is 0 Å². The zero-order chi connectivity index (χ0) is 13.7. The molecule has 0 aliphatic heterocycles. The van der Waals surface area contributed by atoms with E-state index in [1.807, 2.05) is 49.4 Å². The molecule has 2 nitrogen and oxygen atoms in total. The molecule has 0 saturated heterocycles. The molecule has 94 valence electrons. The molecule has 0 spiro atoms. The molecular formula is C17H14O2. The maximum Gasteiger partial charge on any atom is 0.339 e. The summed E-state index contributed by atoms with van der Waals surface area (Å²) in [7, 11) is 0. The number of benzene rings is 2. The highest BCUT2D eigenvalue weighted by Gasteiger charge is 2.15. The van der Waals surface area contributed by atoms with Gasteiger partial charge >= 0.3 is 5.97 Å². The van der Waals surface area contributed by atoms with Crippen LogP contribution in [0.1, 0.15) is 27.6 Å². The molecule has 2 aromatic carbocycles. The Morgan fingerprint density at radius 1 is 1.11 bits per heavy atom. The highest BCUT2D eigenvalue weighted by Crippen LogP contribution is 2.18. The van der Waals surface area contributed by atoms with E-state index < -0.39 is 12.1 Å². The molecule has 0 radical (unpaired) electrons. The summed E-state index contributed by atoms with van der Waals surface area (Å²) in [4.78, 5) is 12.0. The minimum Gasteiger partial charge on any atom is -0.441 e. The molecule has 2 rings (SSSR count). The molecule has 1 unspecified atom stereocenters. The Bertz CT molecular complexity index is 591. The average Bonchev–Trinajstić information content (AvgIpc) is 2.46. The molecule has 2 heteroatoms. The number of aryl methyl sites for hydroxylation is 1. The Labute approximate surface area is 113 Å². The number of hydrogen-bond acceptors (Lipinski definition) is 2. The monoisotopic (exact) mass is 250 g/mol. The first kappa shape index (κ1) is 12.9. The van der Waals surface area contributed by atoms with Crippen LogP contribution in [-0.2, 0) is 4.74 Å². The lowest BCUT2D eigenvalue weighted by Gasteiger charge is -2.12. The van der Waals surface area contributed by atoms with Gasteiger partial charge in [0.1, 0.15) is 0 Å². The van der Waals surface area contributed by atoms with E-state index in [1.165, 1.54) is 0 Å². The summed E-state index contributed by atoms with van der Waals surface area (Å²) in [6, 6.07) is 16.5. The lowest BCUT2D eigenvalue weighted by Crippen LogP contribution is -2.10. The summed E-state index contributed by atoms with van der Waals surface area (Å²) in [5, 5.41) is 0. The first-order chi connectivity index (χ1) is 9.20. The molecular weight excluding hydrogens is 236 g/mol. The fourth-order valence-electron chi connectivity index (χ4n) is 1.69. The van der Waals surface area contributed by atoms with Gasteiger partial charge in [-0.05, 0) is 19.1 Å². The molecule has 0 bridgehead atoms. The van der Waals surface area contributed by atoms with Crippen molar-refractivity contribution in [2.75, 3.05) is 0 Å². The maximum absolute atomic E-state index is 12.0. The number of ether oxygens (including phenoxy) is 1. The summed E-state index contributed by atoms with van der Waals surface area (Å²) in [5.74, 6) is 2.08. The molecule has 0 aromatic heterocycles. The second-order valence-electron chi connectivity index (χ2n) is 4.23. The van der Waals surface area contributed by atoms with Gasteiger partial charge in [0.15, 0.2) is 6.10 Å². The standard InChI is InChI=1S/C17H14O2/c1-3-16(14-7-5-4-6-8-14)19-17(18)15-11-9-13(2)10-12-15/h1,4-12,16H,2H3. The molecule has 2 aromatic rings. The van der Waals surface area contributed by atoms with Crippen molar-refractivity contribution >= 4 is 5.97 Å². The number of rotatable bonds is 3. The van der Waals surface area contributed by atoms with Crippen molar-refractivity contribution < 1.29 is 9.53 Å². The van der Waals surface area contributed by atoms with Crippen LogP contribution in [0.3, 0.4) is 0 Å². The van der Waals surface area contributed by atoms with Gasteiger partial charge in [-0.25, -0.2) is 4.79 Å². The summed E-state index contributed by atoms with van der Waals surface area (Å²) < 4.78 is 5.34. The smallest absolute Gasteiger partial charge is 0.339 e. The normalized spacial score (nSPS) is 11.4. The van der Waals surface area contributed by atoms with E-state index in [4.69, 9.17) is 11.2 Å². The Hall–Kier alpha value is -2.53. The molecule has 0 heterocycles. The van der Waals surface area contributed by atoms with Crippen LogP contribution in [0, 0.1) is 19.3 Å². The molecule has 0 saturated carbocycles. The zero-order valence-corrected chi connectivity index (χ0v) is 10.7. The molecule has 0 fully saturated rings. The van der Waals surface area contributed by atoms with Crippen molar-refractivity contribution in [3.63, 3.8) is 0 Å².